The second kappa shape index (κ2) is 5.30. The average Bonchev–Trinajstić information content (AvgIpc) is 2.86. The summed E-state index contributed by atoms with van der Waals surface area (Å²) in [6.07, 6.45) is 9.38. The highest BCUT2D eigenvalue weighted by molar-refractivity contribution is 9.09. The van der Waals surface area contributed by atoms with Crippen LogP contribution in [0.4, 0.5) is 0 Å². The van der Waals surface area contributed by atoms with Crippen molar-refractivity contribution in [3.63, 3.8) is 0 Å². The molecule has 0 spiro atoms. The first-order valence-electron chi connectivity index (χ1n) is 8.59. The lowest BCUT2D eigenvalue weighted by molar-refractivity contribution is -0.148. The topological polar surface area (TPSA) is 20.3 Å². The van der Waals surface area contributed by atoms with E-state index in [0.29, 0.717) is 11.8 Å². The van der Waals surface area contributed by atoms with Gasteiger partial charge >= 0.3 is 0 Å². The zero-order chi connectivity index (χ0) is 13.7. The molecule has 0 aromatic rings. The smallest absolute Gasteiger partial charge is 0.226 e. The summed E-state index contributed by atoms with van der Waals surface area (Å²) in [5.41, 5.74) is 0. The van der Waals surface area contributed by atoms with Crippen molar-refractivity contribution in [1.29, 1.82) is 0 Å². The molecular formula is C17H26BrNO. The minimum Gasteiger partial charge on any atom is -0.342 e. The summed E-state index contributed by atoms with van der Waals surface area (Å²) in [7, 11) is 0. The third kappa shape index (κ3) is 2.24. The number of halogens is 1. The number of hydrogen-bond acceptors (Lipinski definition) is 1. The van der Waals surface area contributed by atoms with E-state index in [9.17, 15) is 4.79 Å². The molecule has 0 radical (unpaired) electrons. The zero-order valence-electron chi connectivity index (χ0n) is 12.3. The van der Waals surface area contributed by atoms with E-state index in [1.54, 1.807) is 0 Å². The predicted molar refractivity (Wildman–Crippen MR) is 83.6 cm³/mol. The van der Waals surface area contributed by atoms with Gasteiger partial charge in [-0.15, -0.1) is 0 Å². The van der Waals surface area contributed by atoms with Crippen molar-refractivity contribution in [3.05, 3.63) is 0 Å². The Balaban J connectivity index is 1.44. The summed E-state index contributed by atoms with van der Waals surface area (Å²) >= 11 is 3.54. The summed E-state index contributed by atoms with van der Waals surface area (Å²) in [6.45, 7) is 2.06. The van der Waals surface area contributed by atoms with Crippen LogP contribution >= 0.6 is 15.9 Å². The van der Waals surface area contributed by atoms with Crippen molar-refractivity contribution in [2.24, 2.45) is 35.5 Å². The molecule has 0 N–H and O–H groups in total. The Hall–Kier alpha value is -0.0500. The fraction of sp³-hybridized carbons (Fsp3) is 0.941. The Morgan fingerprint density at radius 2 is 1.70 bits per heavy atom. The van der Waals surface area contributed by atoms with Gasteiger partial charge in [-0.1, -0.05) is 15.9 Å². The molecule has 0 aromatic carbocycles. The molecule has 2 nitrogen and oxygen atoms in total. The number of carbonyl (C=O) groups excluding carboxylic acids is 1. The summed E-state index contributed by atoms with van der Waals surface area (Å²) < 4.78 is 0. The van der Waals surface area contributed by atoms with Crippen LogP contribution in [0, 0.1) is 35.5 Å². The average molecular weight is 340 g/mol. The van der Waals surface area contributed by atoms with E-state index < -0.39 is 0 Å². The van der Waals surface area contributed by atoms with Crippen LogP contribution in [-0.2, 0) is 4.79 Å². The Labute approximate surface area is 130 Å². The Morgan fingerprint density at radius 1 is 1.05 bits per heavy atom. The monoisotopic (exact) mass is 339 g/mol. The molecule has 4 saturated carbocycles. The first-order valence-corrected chi connectivity index (χ1v) is 9.71. The second-order valence-corrected chi connectivity index (χ2v) is 8.67. The van der Waals surface area contributed by atoms with Crippen LogP contribution in [0.1, 0.15) is 44.9 Å². The summed E-state index contributed by atoms with van der Waals surface area (Å²) in [4.78, 5) is 15.2. The van der Waals surface area contributed by atoms with Crippen molar-refractivity contribution >= 4 is 21.8 Å². The second-order valence-electron chi connectivity index (χ2n) is 7.87. The molecular weight excluding hydrogens is 314 g/mol. The van der Waals surface area contributed by atoms with Crippen LogP contribution < -0.4 is 0 Å². The first-order chi connectivity index (χ1) is 9.74. The highest BCUT2D eigenvalue weighted by atomic mass is 79.9. The molecule has 1 aliphatic heterocycles. The Bertz CT molecular complexity index is 368. The summed E-state index contributed by atoms with van der Waals surface area (Å²) in [6, 6.07) is 0. The summed E-state index contributed by atoms with van der Waals surface area (Å²) in [5, 5.41) is 1.08. The molecule has 1 unspecified atom stereocenters. The molecule has 5 fully saturated rings. The lowest BCUT2D eigenvalue weighted by Crippen LogP contribution is -2.51. The van der Waals surface area contributed by atoms with Crippen LogP contribution in [0.25, 0.3) is 0 Å². The van der Waals surface area contributed by atoms with Gasteiger partial charge in [0.1, 0.15) is 0 Å². The van der Waals surface area contributed by atoms with Gasteiger partial charge in [0, 0.05) is 24.3 Å². The van der Waals surface area contributed by atoms with Crippen molar-refractivity contribution in [1.82, 2.24) is 4.90 Å². The number of hydrogen-bond donors (Lipinski definition) is 0. The molecule has 5 rings (SSSR count). The van der Waals surface area contributed by atoms with Gasteiger partial charge < -0.3 is 4.90 Å². The molecule has 4 aliphatic carbocycles. The Morgan fingerprint density at radius 3 is 2.30 bits per heavy atom. The van der Waals surface area contributed by atoms with Crippen LogP contribution in [0.2, 0.25) is 0 Å². The number of alkyl halides is 1. The number of likely N-dealkylation sites (tertiary alicyclic amines) is 1. The number of rotatable bonds is 3. The molecule has 3 heteroatoms. The van der Waals surface area contributed by atoms with Gasteiger partial charge in [-0.3, -0.25) is 4.79 Å². The molecule has 1 heterocycles. The maximum atomic E-state index is 13.0. The van der Waals surface area contributed by atoms with Crippen molar-refractivity contribution < 1.29 is 4.79 Å². The first kappa shape index (κ1) is 13.6. The quantitative estimate of drug-likeness (QED) is 0.718. The van der Waals surface area contributed by atoms with E-state index in [-0.39, 0.29) is 0 Å². The minimum atomic E-state index is 0.408. The van der Waals surface area contributed by atoms with E-state index in [1.165, 1.54) is 44.9 Å². The molecule has 1 saturated heterocycles. The predicted octanol–water partition coefficient (Wildman–Crippen LogP) is 3.69. The van der Waals surface area contributed by atoms with Crippen LogP contribution in [0.5, 0.6) is 0 Å². The van der Waals surface area contributed by atoms with Gasteiger partial charge in [-0.2, -0.15) is 0 Å². The van der Waals surface area contributed by atoms with E-state index in [4.69, 9.17) is 0 Å². The molecule has 112 valence electrons. The molecule has 4 bridgehead atoms. The lowest BCUT2D eigenvalue weighted by atomic mass is 9.51. The Kier molecular flexibility index (Phi) is 3.60. The van der Waals surface area contributed by atoms with E-state index >= 15 is 0 Å². The molecule has 5 aliphatic rings. The lowest BCUT2D eigenvalue weighted by Gasteiger charge is -2.54. The number of nitrogens with zero attached hydrogens (tertiary/aromatic N) is 1. The fourth-order valence-corrected chi connectivity index (χ4v) is 6.61. The molecule has 0 aromatic heterocycles. The van der Waals surface area contributed by atoms with Crippen LogP contribution in [-0.4, -0.2) is 29.2 Å². The van der Waals surface area contributed by atoms with Gasteiger partial charge in [0.25, 0.3) is 0 Å². The largest absolute Gasteiger partial charge is 0.342 e. The third-order valence-electron chi connectivity index (χ3n) is 6.63. The maximum Gasteiger partial charge on any atom is 0.226 e. The minimum absolute atomic E-state index is 0.408. The number of amides is 1. The zero-order valence-corrected chi connectivity index (χ0v) is 13.9. The SMILES string of the molecule is O=C(C1C2CC3CC(C2)CC1C3)N1CCC(CCBr)C1. The van der Waals surface area contributed by atoms with Crippen molar-refractivity contribution in [2.45, 2.75) is 44.9 Å². The maximum absolute atomic E-state index is 13.0. The van der Waals surface area contributed by atoms with Gasteiger partial charge in [0.15, 0.2) is 0 Å². The normalized spacial score (nSPS) is 46.1. The van der Waals surface area contributed by atoms with E-state index in [0.717, 1.165) is 48.0 Å². The third-order valence-corrected chi connectivity index (χ3v) is 7.08. The standard InChI is InChI=1S/C17H26BrNO/c18-3-1-11-2-4-19(10-11)17(20)16-14-6-12-5-13(8-14)9-15(16)7-12/h11-16H,1-10H2. The van der Waals surface area contributed by atoms with E-state index in [2.05, 4.69) is 20.8 Å². The fourth-order valence-electron chi connectivity index (χ4n) is 5.96. The highest BCUT2D eigenvalue weighted by Crippen LogP contribution is 2.57. The van der Waals surface area contributed by atoms with Crippen molar-refractivity contribution in [3.8, 4) is 0 Å². The molecule has 20 heavy (non-hydrogen) atoms. The van der Waals surface area contributed by atoms with E-state index in [1.807, 2.05) is 0 Å². The van der Waals surface area contributed by atoms with Gasteiger partial charge in [-0.25, -0.2) is 0 Å². The number of carbonyl (C=O) groups is 1. The van der Waals surface area contributed by atoms with Crippen LogP contribution in [0.3, 0.4) is 0 Å². The van der Waals surface area contributed by atoms with Gasteiger partial charge in [-0.05, 0) is 74.5 Å². The molecule has 1 amide bonds. The molecule has 1 atom stereocenters. The van der Waals surface area contributed by atoms with Crippen LogP contribution in [0.15, 0.2) is 0 Å². The summed E-state index contributed by atoms with van der Waals surface area (Å²) in [5.74, 6) is 5.13. The van der Waals surface area contributed by atoms with Crippen molar-refractivity contribution in [2.75, 3.05) is 18.4 Å². The van der Waals surface area contributed by atoms with Gasteiger partial charge in [0.2, 0.25) is 5.91 Å². The van der Waals surface area contributed by atoms with Gasteiger partial charge in [0.05, 0.1) is 0 Å². The highest BCUT2D eigenvalue weighted by Gasteiger charge is 2.51.